The molecule has 1 aliphatic heterocycles. The zero-order valence-corrected chi connectivity index (χ0v) is 11.1. The van der Waals surface area contributed by atoms with Crippen molar-refractivity contribution < 1.29 is 9.90 Å². The summed E-state index contributed by atoms with van der Waals surface area (Å²) in [5.74, 6) is -0.920. The van der Waals surface area contributed by atoms with Crippen molar-refractivity contribution in [1.29, 1.82) is 0 Å². The van der Waals surface area contributed by atoms with E-state index in [0.717, 1.165) is 25.6 Å². The van der Waals surface area contributed by atoms with Gasteiger partial charge in [-0.15, -0.1) is 5.10 Å². The smallest absolute Gasteiger partial charge is 0.337 e. The minimum absolute atomic E-state index is 0.237. The van der Waals surface area contributed by atoms with E-state index in [1.54, 1.807) is 12.1 Å². The number of likely N-dealkylation sites (tertiary alicyclic amines) is 1. The van der Waals surface area contributed by atoms with Gasteiger partial charge in [0.2, 0.25) is 0 Å². The van der Waals surface area contributed by atoms with Crippen LogP contribution < -0.4 is 0 Å². The highest BCUT2D eigenvalue weighted by atomic mass is 16.4. The maximum atomic E-state index is 11.4. The fraction of sp³-hybridized carbons (Fsp3) is 0.500. The molecule has 1 N–H and O–H groups in total. The average molecular weight is 272 g/mol. The molecule has 2 aliphatic rings. The number of hydrogen-bond donors (Lipinski definition) is 1. The van der Waals surface area contributed by atoms with Gasteiger partial charge in [0.15, 0.2) is 0 Å². The molecule has 0 amide bonds. The molecule has 1 saturated heterocycles. The molecule has 1 atom stereocenters. The fourth-order valence-electron chi connectivity index (χ4n) is 3.16. The van der Waals surface area contributed by atoms with Crippen LogP contribution in [0, 0.1) is 0 Å². The van der Waals surface area contributed by atoms with E-state index < -0.39 is 5.97 Å². The Labute approximate surface area is 116 Å². The quantitative estimate of drug-likeness (QED) is 0.917. The molecule has 0 radical (unpaired) electrons. The maximum absolute atomic E-state index is 11.4. The van der Waals surface area contributed by atoms with Crippen molar-refractivity contribution in [3.05, 3.63) is 23.8 Å². The molecule has 104 valence electrons. The average Bonchev–Trinajstić information content (AvgIpc) is 3.01. The summed E-state index contributed by atoms with van der Waals surface area (Å²) < 4.78 is 1.82. The Hall–Kier alpha value is -1.95. The number of rotatable bonds is 3. The summed E-state index contributed by atoms with van der Waals surface area (Å²) in [6, 6.07) is 6.14. The van der Waals surface area contributed by atoms with Crippen LogP contribution in [0.3, 0.4) is 0 Å². The van der Waals surface area contributed by atoms with Crippen LogP contribution in [-0.4, -0.2) is 50.1 Å². The molecule has 1 unspecified atom stereocenters. The summed E-state index contributed by atoms with van der Waals surface area (Å²) in [6.07, 6.45) is 3.61. The van der Waals surface area contributed by atoms with Gasteiger partial charge in [0, 0.05) is 19.1 Å². The number of aromatic nitrogens is 3. The van der Waals surface area contributed by atoms with Crippen LogP contribution in [-0.2, 0) is 0 Å². The number of aromatic carboxylic acids is 1. The van der Waals surface area contributed by atoms with Gasteiger partial charge >= 0.3 is 5.97 Å². The lowest BCUT2D eigenvalue weighted by atomic mass is 10.1. The molecule has 1 aliphatic carbocycles. The first-order valence-electron chi connectivity index (χ1n) is 7.05. The van der Waals surface area contributed by atoms with E-state index in [1.807, 2.05) is 10.7 Å². The van der Waals surface area contributed by atoms with Crippen LogP contribution in [0.2, 0.25) is 0 Å². The lowest BCUT2D eigenvalue weighted by Gasteiger charge is -2.15. The van der Waals surface area contributed by atoms with E-state index in [-0.39, 0.29) is 11.6 Å². The summed E-state index contributed by atoms with van der Waals surface area (Å²) >= 11 is 0. The Bertz CT molecular complexity index is 677. The van der Waals surface area contributed by atoms with E-state index in [4.69, 9.17) is 0 Å². The van der Waals surface area contributed by atoms with E-state index in [0.29, 0.717) is 11.0 Å². The molecule has 0 spiro atoms. The predicted octanol–water partition coefficient (Wildman–Crippen LogP) is 1.54. The van der Waals surface area contributed by atoms with Gasteiger partial charge in [-0.1, -0.05) is 11.3 Å². The zero-order valence-electron chi connectivity index (χ0n) is 11.1. The molecule has 6 nitrogen and oxygen atoms in total. The van der Waals surface area contributed by atoms with E-state index in [1.165, 1.54) is 12.8 Å². The number of carboxylic acid groups (broad SMARTS) is 1. The highest BCUT2D eigenvalue weighted by molar-refractivity contribution is 6.00. The summed E-state index contributed by atoms with van der Waals surface area (Å²) in [7, 11) is 0. The SMILES string of the molecule is O=C(O)c1cccc2nnn(C3CCN(C4CC4)C3)c12. The molecular weight excluding hydrogens is 256 g/mol. The van der Waals surface area contributed by atoms with Gasteiger partial charge in [0.05, 0.1) is 11.6 Å². The third-order valence-corrected chi connectivity index (χ3v) is 4.33. The maximum Gasteiger partial charge on any atom is 0.337 e. The number of nitrogens with zero attached hydrogens (tertiary/aromatic N) is 4. The molecular formula is C14H16N4O2. The number of benzene rings is 1. The second kappa shape index (κ2) is 4.28. The zero-order chi connectivity index (χ0) is 13.7. The molecule has 6 heteroatoms. The molecule has 1 saturated carbocycles. The molecule has 1 aromatic heterocycles. The molecule has 2 fully saturated rings. The summed E-state index contributed by atoms with van der Waals surface area (Å²) in [4.78, 5) is 13.9. The van der Waals surface area contributed by atoms with Crippen LogP contribution in [0.25, 0.3) is 11.0 Å². The van der Waals surface area contributed by atoms with Crippen LogP contribution in [0.1, 0.15) is 35.7 Å². The molecule has 4 rings (SSSR count). The van der Waals surface area contributed by atoms with Crippen LogP contribution in [0.4, 0.5) is 0 Å². The van der Waals surface area contributed by atoms with Gasteiger partial charge in [-0.25, -0.2) is 9.48 Å². The Morgan fingerprint density at radius 2 is 2.10 bits per heavy atom. The largest absolute Gasteiger partial charge is 0.478 e. The van der Waals surface area contributed by atoms with E-state index in [2.05, 4.69) is 15.2 Å². The number of carboxylic acids is 1. The monoisotopic (exact) mass is 272 g/mol. The minimum atomic E-state index is -0.920. The lowest BCUT2D eigenvalue weighted by Crippen LogP contribution is -2.24. The van der Waals surface area contributed by atoms with Crippen molar-refractivity contribution >= 4 is 17.0 Å². The number of hydrogen-bond acceptors (Lipinski definition) is 4. The normalized spacial score (nSPS) is 23.5. The molecule has 20 heavy (non-hydrogen) atoms. The third kappa shape index (κ3) is 1.79. The van der Waals surface area contributed by atoms with Crippen molar-refractivity contribution in [3.8, 4) is 0 Å². The first-order valence-corrected chi connectivity index (χ1v) is 7.05. The number of fused-ring (bicyclic) bond motifs is 1. The number of carbonyl (C=O) groups is 1. The first kappa shape index (κ1) is 11.8. The highest BCUT2D eigenvalue weighted by Gasteiger charge is 2.36. The fourth-order valence-corrected chi connectivity index (χ4v) is 3.16. The second-order valence-corrected chi connectivity index (χ2v) is 5.68. The van der Waals surface area contributed by atoms with Gasteiger partial charge < -0.3 is 5.11 Å². The summed E-state index contributed by atoms with van der Waals surface area (Å²) in [5, 5.41) is 17.7. The lowest BCUT2D eigenvalue weighted by molar-refractivity contribution is 0.0698. The van der Waals surface area contributed by atoms with Gasteiger partial charge in [0.25, 0.3) is 0 Å². The second-order valence-electron chi connectivity index (χ2n) is 5.68. The topological polar surface area (TPSA) is 71.2 Å². The van der Waals surface area contributed by atoms with Crippen LogP contribution in [0.15, 0.2) is 18.2 Å². The van der Waals surface area contributed by atoms with Crippen molar-refractivity contribution in [2.24, 2.45) is 0 Å². The van der Waals surface area contributed by atoms with Gasteiger partial charge in [-0.3, -0.25) is 4.90 Å². The molecule has 1 aromatic carbocycles. The Balaban J connectivity index is 1.74. The summed E-state index contributed by atoms with van der Waals surface area (Å²) in [6.45, 7) is 2.03. The predicted molar refractivity (Wildman–Crippen MR) is 72.7 cm³/mol. The van der Waals surface area contributed by atoms with Crippen LogP contribution >= 0.6 is 0 Å². The summed E-state index contributed by atoms with van der Waals surface area (Å²) in [5.41, 5.74) is 1.61. The number of para-hydroxylation sites is 1. The minimum Gasteiger partial charge on any atom is -0.478 e. The van der Waals surface area contributed by atoms with Crippen molar-refractivity contribution in [2.45, 2.75) is 31.3 Å². The molecule has 2 aromatic rings. The van der Waals surface area contributed by atoms with Crippen LogP contribution in [0.5, 0.6) is 0 Å². The van der Waals surface area contributed by atoms with E-state index >= 15 is 0 Å². The van der Waals surface area contributed by atoms with Gasteiger partial charge in [-0.2, -0.15) is 0 Å². The highest BCUT2D eigenvalue weighted by Crippen LogP contribution is 2.34. The van der Waals surface area contributed by atoms with Crippen molar-refractivity contribution in [2.75, 3.05) is 13.1 Å². The van der Waals surface area contributed by atoms with Gasteiger partial charge in [0.1, 0.15) is 11.0 Å². The van der Waals surface area contributed by atoms with Crippen molar-refractivity contribution in [3.63, 3.8) is 0 Å². The standard InChI is InChI=1S/C14H16N4O2/c19-14(20)11-2-1-3-12-13(11)18(16-15-12)10-6-7-17(8-10)9-4-5-9/h1-3,9-10H,4-8H2,(H,19,20). The Kier molecular flexibility index (Phi) is 2.53. The van der Waals surface area contributed by atoms with E-state index in [9.17, 15) is 9.90 Å². The molecule has 2 heterocycles. The Morgan fingerprint density at radius 3 is 2.85 bits per heavy atom. The third-order valence-electron chi connectivity index (χ3n) is 4.33. The Morgan fingerprint density at radius 1 is 1.25 bits per heavy atom. The molecule has 0 bridgehead atoms. The first-order chi connectivity index (χ1) is 9.74. The van der Waals surface area contributed by atoms with Gasteiger partial charge in [-0.05, 0) is 31.4 Å². The van der Waals surface area contributed by atoms with Crippen molar-refractivity contribution in [1.82, 2.24) is 19.9 Å².